The second kappa shape index (κ2) is 13.4. The van der Waals surface area contributed by atoms with Crippen molar-refractivity contribution in [2.75, 3.05) is 13.2 Å². The van der Waals surface area contributed by atoms with Crippen LogP contribution in [0.25, 0.3) is 0 Å². The van der Waals surface area contributed by atoms with Gasteiger partial charge in [0, 0.05) is 0 Å². The molecule has 10 atom stereocenters. The SMILES string of the molecule is O=C(OC1OC(COC2OC(CO)C(OC(=O)c3cc(O)c(O)c(O)c3)C(O)C2O)C(O)C(O)C1O)c1cc(O)c(O)c(O)c1. The number of aliphatic hydroxyl groups excluding tert-OH is 6. The summed E-state index contributed by atoms with van der Waals surface area (Å²) in [6.07, 6.45) is -18.4. The molecule has 4 rings (SSSR count). The molecule has 0 aromatic heterocycles. The van der Waals surface area contributed by atoms with E-state index in [1.165, 1.54) is 0 Å². The second-order valence-electron chi connectivity index (χ2n) is 10.1. The van der Waals surface area contributed by atoms with E-state index in [0.29, 0.717) is 0 Å². The largest absolute Gasteiger partial charge is 0.504 e. The minimum absolute atomic E-state index is 0.474. The van der Waals surface area contributed by atoms with E-state index in [-0.39, 0.29) is 0 Å². The van der Waals surface area contributed by atoms with Gasteiger partial charge in [-0.2, -0.15) is 0 Å². The number of rotatable bonds is 8. The van der Waals surface area contributed by atoms with E-state index >= 15 is 0 Å². The smallest absolute Gasteiger partial charge is 0.340 e. The number of hydrogen-bond acceptors (Lipinski definition) is 19. The van der Waals surface area contributed by atoms with E-state index in [1.54, 1.807) is 0 Å². The predicted molar refractivity (Wildman–Crippen MR) is 138 cm³/mol. The zero-order valence-electron chi connectivity index (χ0n) is 22.7. The number of esters is 2. The number of phenolic OH excluding ortho intramolecular Hbond substituents is 6. The maximum atomic E-state index is 12.5. The van der Waals surface area contributed by atoms with Gasteiger partial charge < -0.3 is 85.0 Å². The molecule has 2 saturated heterocycles. The Morgan fingerprint density at radius 2 is 1.04 bits per heavy atom. The first kappa shape index (κ1) is 33.7. The highest BCUT2D eigenvalue weighted by molar-refractivity contribution is 5.91. The van der Waals surface area contributed by atoms with E-state index in [4.69, 9.17) is 23.7 Å². The van der Waals surface area contributed by atoms with Gasteiger partial charge in [0.05, 0.1) is 24.3 Å². The third-order valence-electron chi connectivity index (χ3n) is 6.99. The number of carbonyl (C=O) groups is 2. The summed E-state index contributed by atoms with van der Waals surface area (Å²) in [6, 6.07) is 2.94. The third-order valence-corrected chi connectivity index (χ3v) is 6.99. The van der Waals surface area contributed by atoms with Crippen molar-refractivity contribution in [3.8, 4) is 34.5 Å². The molecule has 0 spiro atoms. The van der Waals surface area contributed by atoms with Crippen molar-refractivity contribution in [3.63, 3.8) is 0 Å². The van der Waals surface area contributed by atoms with Gasteiger partial charge in [0.25, 0.3) is 0 Å². The standard InChI is InChI=1S/C26H30O19/c27-5-13-22(44-23(39)7-1-9(28)15(32)10(29)2-7)19(36)21(38)25(42-13)41-6-14-17(34)18(35)20(37)26(43-14)45-24(40)8-3-11(30)16(33)12(31)4-8/h1-4,13-14,17-22,25-38H,5-6H2. The normalized spacial score (nSPS) is 31.7. The molecule has 10 unspecified atom stereocenters. The molecule has 0 aliphatic carbocycles. The lowest BCUT2D eigenvalue weighted by atomic mass is 9.98. The molecule has 2 aromatic carbocycles. The van der Waals surface area contributed by atoms with Crippen LogP contribution in [0.3, 0.4) is 0 Å². The fourth-order valence-corrected chi connectivity index (χ4v) is 4.49. The van der Waals surface area contributed by atoms with Gasteiger partial charge in [0.15, 0.2) is 46.9 Å². The van der Waals surface area contributed by atoms with Crippen LogP contribution in [0.4, 0.5) is 0 Å². The van der Waals surface area contributed by atoms with E-state index < -0.39 is 132 Å². The Morgan fingerprint density at radius 1 is 0.600 bits per heavy atom. The van der Waals surface area contributed by atoms with Crippen LogP contribution in [-0.2, 0) is 23.7 Å². The Morgan fingerprint density at radius 3 is 1.53 bits per heavy atom. The van der Waals surface area contributed by atoms with Crippen molar-refractivity contribution in [1.29, 1.82) is 0 Å². The van der Waals surface area contributed by atoms with E-state index in [2.05, 4.69) is 0 Å². The zero-order chi connectivity index (χ0) is 33.3. The minimum Gasteiger partial charge on any atom is -0.504 e. The topological polar surface area (TPSA) is 323 Å². The molecule has 248 valence electrons. The Labute approximate surface area is 251 Å². The molecular weight excluding hydrogens is 616 g/mol. The third kappa shape index (κ3) is 6.91. The van der Waals surface area contributed by atoms with Crippen molar-refractivity contribution >= 4 is 11.9 Å². The maximum absolute atomic E-state index is 12.5. The summed E-state index contributed by atoms with van der Waals surface area (Å²) >= 11 is 0. The first-order chi connectivity index (χ1) is 21.1. The van der Waals surface area contributed by atoms with Gasteiger partial charge >= 0.3 is 11.9 Å². The molecular formula is C26H30O19. The molecule has 2 aliphatic rings. The first-order valence-corrected chi connectivity index (χ1v) is 13.0. The first-order valence-electron chi connectivity index (χ1n) is 13.0. The fourth-order valence-electron chi connectivity index (χ4n) is 4.49. The molecule has 0 radical (unpaired) electrons. The van der Waals surface area contributed by atoms with Crippen molar-refractivity contribution in [1.82, 2.24) is 0 Å². The van der Waals surface area contributed by atoms with Crippen LogP contribution < -0.4 is 0 Å². The summed E-state index contributed by atoms with van der Waals surface area (Å²) in [5, 5.41) is 119. The van der Waals surface area contributed by atoms with E-state index in [0.717, 1.165) is 24.3 Å². The summed E-state index contributed by atoms with van der Waals surface area (Å²) in [4.78, 5) is 25.0. The van der Waals surface area contributed by atoms with Crippen molar-refractivity contribution in [3.05, 3.63) is 35.4 Å². The molecule has 2 aromatic rings. The van der Waals surface area contributed by atoms with Gasteiger partial charge in [-0.15, -0.1) is 0 Å². The summed E-state index contributed by atoms with van der Waals surface area (Å²) in [5.41, 5.74) is -0.970. The lowest BCUT2D eigenvalue weighted by Crippen LogP contribution is -2.62. The van der Waals surface area contributed by atoms with Crippen LogP contribution in [0.1, 0.15) is 20.7 Å². The minimum atomic E-state index is -2.01. The fraction of sp³-hybridized carbons (Fsp3) is 0.462. The highest BCUT2D eigenvalue weighted by atomic mass is 16.7. The molecule has 19 nitrogen and oxygen atoms in total. The molecule has 19 heteroatoms. The average molecular weight is 647 g/mol. The molecule has 0 bridgehead atoms. The maximum Gasteiger partial charge on any atom is 0.340 e. The molecule has 0 amide bonds. The molecule has 2 fully saturated rings. The molecule has 2 aliphatic heterocycles. The summed E-state index contributed by atoms with van der Waals surface area (Å²) < 4.78 is 26.2. The number of hydrogen-bond donors (Lipinski definition) is 12. The van der Waals surface area contributed by atoms with Gasteiger partial charge in [-0.1, -0.05) is 0 Å². The van der Waals surface area contributed by atoms with Gasteiger partial charge in [-0.25, -0.2) is 9.59 Å². The van der Waals surface area contributed by atoms with Crippen LogP contribution in [-0.4, -0.2) is 148 Å². The molecule has 2 heterocycles. The van der Waals surface area contributed by atoms with Gasteiger partial charge in [-0.3, -0.25) is 0 Å². The molecule has 45 heavy (non-hydrogen) atoms. The quantitative estimate of drug-likeness (QED) is 0.0980. The number of aromatic hydroxyl groups is 6. The number of aliphatic hydroxyl groups is 6. The Hall–Kier alpha value is -4.18. The van der Waals surface area contributed by atoms with E-state index in [9.17, 15) is 70.9 Å². The zero-order valence-corrected chi connectivity index (χ0v) is 22.7. The van der Waals surface area contributed by atoms with Gasteiger partial charge in [0.2, 0.25) is 6.29 Å². The highest BCUT2D eigenvalue weighted by Crippen LogP contribution is 2.37. The Balaban J connectivity index is 1.40. The van der Waals surface area contributed by atoms with Gasteiger partial charge in [0.1, 0.15) is 42.7 Å². The summed E-state index contributed by atoms with van der Waals surface area (Å²) in [6.45, 7) is -1.66. The van der Waals surface area contributed by atoms with Gasteiger partial charge in [-0.05, 0) is 24.3 Å². The average Bonchev–Trinajstić information content (AvgIpc) is 3.00. The Kier molecular flexibility index (Phi) is 10.1. The predicted octanol–water partition coefficient (Wildman–Crippen LogP) is -3.43. The van der Waals surface area contributed by atoms with E-state index in [1.807, 2.05) is 0 Å². The molecule has 12 N–H and O–H groups in total. The second-order valence-corrected chi connectivity index (χ2v) is 10.1. The lowest BCUT2D eigenvalue weighted by Gasteiger charge is -2.43. The van der Waals surface area contributed by atoms with Crippen molar-refractivity contribution < 1.29 is 94.6 Å². The summed E-state index contributed by atoms with van der Waals surface area (Å²) in [7, 11) is 0. The number of phenols is 6. The Bertz CT molecular complexity index is 1350. The highest BCUT2D eigenvalue weighted by Gasteiger charge is 2.49. The number of ether oxygens (including phenoxy) is 5. The van der Waals surface area contributed by atoms with Crippen LogP contribution in [0.2, 0.25) is 0 Å². The van der Waals surface area contributed by atoms with Crippen molar-refractivity contribution in [2.45, 2.75) is 61.4 Å². The monoisotopic (exact) mass is 646 g/mol. The van der Waals surface area contributed by atoms with Crippen LogP contribution >= 0.6 is 0 Å². The number of carbonyl (C=O) groups excluding carboxylic acids is 2. The lowest BCUT2D eigenvalue weighted by molar-refractivity contribution is -0.324. The summed E-state index contributed by atoms with van der Waals surface area (Å²) in [5.74, 6) is -7.87. The van der Waals surface area contributed by atoms with Crippen LogP contribution in [0, 0.1) is 0 Å². The van der Waals surface area contributed by atoms with Crippen LogP contribution in [0.5, 0.6) is 34.5 Å². The van der Waals surface area contributed by atoms with Crippen molar-refractivity contribution in [2.24, 2.45) is 0 Å². The van der Waals surface area contributed by atoms with Crippen LogP contribution in [0.15, 0.2) is 24.3 Å². The number of benzene rings is 2. The molecule has 0 saturated carbocycles.